The molecule has 0 radical (unpaired) electrons. The molecule has 3 N–H and O–H groups in total. The number of halogens is 1. The van der Waals surface area contributed by atoms with Crippen molar-refractivity contribution in [2.75, 3.05) is 32.1 Å². The fraction of sp³-hybridized carbons (Fsp3) is 0.317. The number of rotatable bonds is 18. The number of anilines is 1. The van der Waals surface area contributed by atoms with Gasteiger partial charge >= 0.3 is 0 Å². The number of likely N-dealkylation sites (tertiary alicyclic amines) is 1. The average Bonchev–Trinajstić information content (AvgIpc) is 3.41. The van der Waals surface area contributed by atoms with E-state index in [2.05, 4.69) is 34.1 Å². The Hall–Kier alpha value is -5.99. The number of unbranched alkanes of at least 4 members (excludes halogenated alkanes) is 1. The monoisotopic (exact) mass is 782 g/mol. The molecule has 1 aliphatic heterocycles. The second-order valence-electron chi connectivity index (χ2n) is 13.5. The lowest BCUT2D eigenvalue weighted by Crippen LogP contribution is -2.63. The highest BCUT2D eigenvalue weighted by Gasteiger charge is 2.52. The van der Waals surface area contributed by atoms with Crippen molar-refractivity contribution in [2.45, 2.75) is 56.0 Å². The van der Waals surface area contributed by atoms with E-state index in [1.54, 1.807) is 31.4 Å². The maximum absolute atomic E-state index is 13.9. The molecule has 2 aromatic carbocycles. The van der Waals surface area contributed by atoms with Crippen LogP contribution in [0.3, 0.4) is 0 Å². The second kappa shape index (κ2) is 18.1. The van der Waals surface area contributed by atoms with E-state index in [0.29, 0.717) is 65.4 Å². The van der Waals surface area contributed by atoms with Crippen LogP contribution in [0.2, 0.25) is 5.02 Å². The Balaban J connectivity index is 1.16. The molecule has 1 saturated heterocycles. The smallest absolute Gasteiger partial charge is 0.265 e. The molecule has 1 atom stereocenters. The molecule has 14 nitrogen and oxygen atoms in total. The van der Waals surface area contributed by atoms with Crippen molar-refractivity contribution >= 4 is 70.3 Å². The van der Waals surface area contributed by atoms with E-state index in [-0.39, 0.29) is 60.6 Å². The summed E-state index contributed by atoms with van der Waals surface area (Å²) >= 11 is 6.40. The van der Waals surface area contributed by atoms with Gasteiger partial charge in [-0.1, -0.05) is 49.0 Å². The Morgan fingerprint density at radius 3 is 2.50 bits per heavy atom. The molecule has 6 amide bonds. The van der Waals surface area contributed by atoms with Gasteiger partial charge in [0.25, 0.3) is 23.6 Å². The van der Waals surface area contributed by atoms with Crippen LogP contribution in [0, 0.1) is 0 Å². The first kappa shape index (κ1) is 41.2. The summed E-state index contributed by atoms with van der Waals surface area (Å²) in [5, 5.41) is 10.2. The summed E-state index contributed by atoms with van der Waals surface area (Å²) in [6, 6.07) is 11.3. The van der Waals surface area contributed by atoms with Crippen LogP contribution in [0.1, 0.15) is 60.4 Å². The topological polar surface area (TPSA) is 184 Å². The molecule has 292 valence electrons. The molecule has 0 bridgehead atoms. The number of hydrogen-bond acceptors (Lipinski definition) is 10. The molecule has 5 rings (SSSR count). The Labute approximate surface area is 329 Å². The first-order valence-electron chi connectivity index (χ1n) is 18.1. The van der Waals surface area contributed by atoms with Gasteiger partial charge in [0.15, 0.2) is 0 Å². The van der Waals surface area contributed by atoms with Gasteiger partial charge in [-0.3, -0.25) is 38.7 Å². The Morgan fingerprint density at radius 2 is 1.84 bits per heavy atom. The minimum Gasteiger partial charge on any atom is -0.493 e. The quantitative estimate of drug-likeness (QED) is 0.0563. The van der Waals surface area contributed by atoms with Gasteiger partial charge in [0.05, 0.1) is 35.6 Å². The third-order valence-corrected chi connectivity index (χ3v) is 10.5. The fourth-order valence-electron chi connectivity index (χ4n) is 6.99. The molecule has 1 unspecified atom stereocenters. The van der Waals surface area contributed by atoms with E-state index in [1.165, 1.54) is 19.3 Å². The maximum atomic E-state index is 13.9. The van der Waals surface area contributed by atoms with Crippen LogP contribution in [0.5, 0.6) is 0 Å². The number of aromatic nitrogens is 1. The van der Waals surface area contributed by atoms with Crippen molar-refractivity contribution in [3.05, 3.63) is 107 Å². The highest BCUT2D eigenvalue weighted by atomic mass is 35.5. The molecule has 2 aliphatic rings. The molecule has 1 saturated carbocycles. The van der Waals surface area contributed by atoms with Crippen molar-refractivity contribution < 1.29 is 38.3 Å². The van der Waals surface area contributed by atoms with Gasteiger partial charge in [-0.2, -0.15) is 0 Å². The lowest BCUT2D eigenvalue weighted by Gasteiger charge is -2.47. The third kappa shape index (κ3) is 8.31. The number of nitrogens with zero attached hydrogens (tertiary/aromatic N) is 3. The zero-order chi connectivity index (χ0) is 40.6. The first-order chi connectivity index (χ1) is 26.9. The summed E-state index contributed by atoms with van der Waals surface area (Å²) < 4.78 is 5.77. The Bertz CT molecular complexity index is 2130. The molecular formula is C41H43ClN6O8. The second-order valence-corrected chi connectivity index (χ2v) is 13.9. The van der Waals surface area contributed by atoms with E-state index in [9.17, 15) is 33.6 Å². The van der Waals surface area contributed by atoms with Gasteiger partial charge in [0.2, 0.25) is 12.3 Å². The number of ether oxygens (including phenoxy) is 1. The Morgan fingerprint density at radius 1 is 1.09 bits per heavy atom. The van der Waals surface area contributed by atoms with Gasteiger partial charge in [0.1, 0.15) is 12.0 Å². The van der Waals surface area contributed by atoms with Crippen molar-refractivity contribution in [2.24, 2.45) is 0 Å². The highest BCUT2D eigenvalue weighted by Crippen LogP contribution is 2.48. The van der Waals surface area contributed by atoms with Crippen molar-refractivity contribution in [1.29, 1.82) is 0 Å². The van der Waals surface area contributed by atoms with Crippen molar-refractivity contribution in [3.8, 4) is 0 Å². The lowest BCUT2D eigenvalue weighted by molar-refractivity contribution is -0.142. The van der Waals surface area contributed by atoms with Crippen LogP contribution in [0.4, 0.5) is 5.69 Å². The van der Waals surface area contributed by atoms with Crippen molar-refractivity contribution in [3.63, 3.8) is 0 Å². The van der Waals surface area contributed by atoms with E-state index in [4.69, 9.17) is 16.3 Å². The largest absolute Gasteiger partial charge is 0.493 e. The number of benzene rings is 2. The molecule has 2 heterocycles. The summed E-state index contributed by atoms with van der Waals surface area (Å²) in [4.78, 5) is 95.0. The number of allylic oxidation sites excluding steroid dienone is 1. The van der Waals surface area contributed by atoms with Gasteiger partial charge in [-0.15, -0.1) is 0 Å². The number of nitrogens with one attached hydrogen (secondary N) is 3. The minimum absolute atomic E-state index is 0.0323. The number of fused-ring (bicyclic) bond motifs is 1. The highest BCUT2D eigenvalue weighted by molar-refractivity contribution is 6.31. The fourth-order valence-corrected chi connectivity index (χ4v) is 7.28. The molecule has 15 heteroatoms. The van der Waals surface area contributed by atoms with Crippen LogP contribution in [0.15, 0.2) is 91.0 Å². The number of pyridine rings is 1. The van der Waals surface area contributed by atoms with E-state index < -0.39 is 29.3 Å². The third-order valence-electron chi connectivity index (χ3n) is 10.2. The number of carbonyl (C=O) groups excluding carboxylic acids is 7. The molecular weight excluding hydrogens is 740 g/mol. The van der Waals surface area contributed by atoms with Gasteiger partial charge in [0, 0.05) is 53.1 Å². The predicted octanol–water partition coefficient (Wildman–Crippen LogP) is 3.90. The zero-order valence-corrected chi connectivity index (χ0v) is 31.9. The van der Waals surface area contributed by atoms with E-state index in [1.807, 2.05) is 24.3 Å². The Kier molecular flexibility index (Phi) is 13.3. The van der Waals surface area contributed by atoms with E-state index in [0.717, 1.165) is 15.4 Å². The average molecular weight is 783 g/mol. The zero-order valence-electron chi connectivity index (χ0n) is 31.1. The van der Waals surface area contributed by atoms with Gasteiger partial charge in [-0.05, 0) is 74.9 Å². The summed E-state index contributed by atoms with van der Waals surface area (Å²) in [5.74, 6) is -2.53. The molecule has 2 fully saturated rings. The molecule has 56 heavy (non-hydrogen) atoms. The van der Waals surface area contributed by atoms with Crippen molar-refractivity contribution in [1.82, 2.24) is 25.8 Å². The molecule has 0 spiro atoms. The van der Waals surface area contributed by atoms with Crippen LogP contribution in [-0.2, 0) is 33.5 Å². The van der Waals surface area contributed by atoms with Crippen LogP contribution in [-0.4, -0.2) is 90.9 Å². The van der Waals surface area contributed by atoms with Gasteiger partial charge < -0.3 is 25.5 Å². The summed E-state index contributed by atoms with van der Waals surface area (Å²) in [6.07, 6.45) is 6.98. The number of hydrogen-bond donors (Lipinski definition) is 3. The molecule has 3 aromatic rings. The van der Waals surface area contributed by atoms with E-state index >= 15 is 0 Å². The number of amides is 6. The SMILES string of the molecule is C=C/C(OCCCCNC(=O)c1ccc2c(N(C=O)C(=O)C3(NC)CC(c4ccccc4Cl)C3)cncc2c1)=C1\C(=C)C(=O)N(C(C=O)CCC(=O)NC)C1=O. The summed E-state index contributed by atoms with van der Waals surface area (Å²) in [5.41, 5.74) is 0.375. The standard InChI is InChI=1S/C41H43ClN6O8/c1-5-34(36-25(2)38(53)48(39(36)54)29(23-49)13-15-35(51)43-3)56-17-9-8-16-46-37(52)26-12-14-31-27(18-26)21-45-22-33(31)47(24-50)40(55)41(44-4)19-28(20-41)30-10-6-7-11-32(30)42/h5-7,10-12,14,18,21-24,28-29,44H,1-2,8-9,13,15-17,19-20H2,3-4H3,(H,43,51)(H,46,52)/b36-34-. The summed E-state index contributed by atoms with van der Waals surface area (Å²) in [6.45, 7) is 7.81. The minimum atomic E-state index is -1.15. The summed E-state index contributed by atoms with van der Waals surface area (Å²) in [7, 11) is 3.13. The predicted molar refractivity (Wildman–Crippen MR) is 209 cm³/mol. The maximum Gasteiger partial charge on any atom is 0.265 e. The van der Waals surface area contributed by atoms with Crippen LogP contribution >= 0.6 is 11.6 Å². The number of likely N-dealkylation sites (N-methyl/N-ethyl adjacent to an activating group) is 1. The first-order valence-corrected chi connectivity index (χ1v) is 18.4. The number of imide groups is 2. The lowest BCUT2D eigenvalue weighted by atomic mass is 9.65. The van der Waals surface area contributed by atoms with Crippen LogP contribution < -0.4 is 20.9 Å². The van der Waals surface area contributed by atoms with Crippen LogP contribution in [0.25, 0.3) is 10.8 Å². The normalized spacial score (nSPS) is 19.2. The number of carbonyl (C=O) groups is 7. The molecule has 1 aliphatic carbocycles. The molecule has 1 aromatic heterocycles. The number of aldehydes is 1. The van der Waals surface area contributed by atoms with Gasteiger partial charge in [-0.25, -0.2) is 4.90 Å².